The minimum atomic E-state index is -2.82. The molecular weight excluding hydrogens is 338 g/mol. The first kappa shape index (κ1) is 18.9. The van der Waals surface area contributed by atoms with E-state index in [0.717, 1.165) is 43.5 Å². The number of carbonyl (C=O) groups is 1. The van der Waals surface area contributed by atoms with Gasteiger partial charge in [0.25, 0.3) is 0 Å². The van der Waals surface area contributed by atoms with Gasteiger partial charge < -0.3 is 15.4 Å². The number of amides is 1. The number of fused-ring (bicyclic) bond motifs is 1. The smallest absolute Gasteiger partial charge is 0.387 e. The first-order valence-electron chi connectivity index (χ1n) is 8.13. The topological polar surface area (TPSA) is 50.4 Å². The largest absolute Gasteiger partial charge is 0.435 e. The van der Waals surface area contributed by atoms with Crippen molar-refractivity contribution in [1.82, 2.24) is 10.6 Å². The molecule has 1 saturated heterocycles. The van der Waals surface area contributed by atoms with Crippen LogP contribution in [0.15, 0.2) is 18.2 Å². The Balaban J connectivity index is 0.00000208. The van der Waals surface area contributed by atoms with Crippen LogP contribution in [0.5, 0.6) is 5.75 Å². The number of benzene rings is 1. The Morgan fingerprint density at radius 3 is 2.75 bits per heavy atom. The zero-order chi connectivity index (χ0) is 16.4. The maximum absolute atomic E-state index is 12.4. The SMILES string of the molecule is CC(C(=O)NC1CCCc2cc(OC(F)F)ccc21)C1CNC1.Cl. The van der Waals surface area contributed by atoms with Gasteiger partial charge in [-0.2, -0.15) is 8.78 Å². The molecule has 0 aromatic heterocycles. The van der Waals surface area contributed by atoms with Crippen molar-refractivity contribution in [2.45, 2.75) is 38.8 Å². The summed E-state index contributed by atoms with van der Waals surface area (Å²) < 4.78 is 29.1. The lowest BCUT2D eigenvalue weighted by Gasteiger charge is -2.34. The molecule has 1 aromatic carbocycles. The fourth-order valence-corrected chi connectivity index (χ4v) is 3.30. The summed E-state index contributed by atoms with van der Waals surface area (Å²) >= 11 is 0. The Morgan fingerprint density at radius 2 is 2.12 bits per heavy atom. The van der Waals surface area contributed by atoms with Gasteiger partial charge in [0.2, 0.25) is 5.91 Å². The van der Waals surface area contributed by atoms with Crippen LogP contribution in [-0.2, 0) is 11.2 Å². The molecule has 2 atom stereocenters. The van der Waals surface area contributed by atoms with Crippen LogP contribution in [0.2, 0.25) is 0 Å². The highest BCUT2D eigenvalue weighted by Gasteiger charge is 2.31. The highest BCUT2D eigenvalue weighted by atomic mass is 35.5. The second-order valence-electron chi connectivity index (χ2n) is 6.40. The standard InChI is InChI=1S/C17H22F2N2O2.ClH/c1-10(12-8-20-9-12)16(22)21-15-4-2-3-11-7-13(23-17(18)19)5-6-14(11)15;/h5-7,10,12,15,17,20H,2-4,8-9H2,1H3,(H,21,22);1H. The predicted molar refractivity (Wildman–Crippen MR) is 89.7 cm³/mol. The maximum Gasteiger partial charge on any atom is 0.387 e. The van der Waals surface area contributed by atoms with Gasteiger partial charge >= 0.3 is 6.61 Å². The molecule has 1 heterocycles. The molecule has 2 aliphatic rings. The minimum Gasteiger partial charge on any atom is -0.435 e. The van der Waals surface area contributed by atoms with Crippen molar-refractivity contribution in [3.63, 3.8) is 0 Å². The van der Waals surface area contributed by atoms with Gasteiger partial charge in [-0.3, -0.25) is 4.79 Å². The molecule has 7 heteroatoms. The minimum absolute atomic E-state index is 0. The number of carbonyl (C=O) groups excluding carboxylic acids is 1. The van der Waals surface area contributed by atoms with E-state index in [2.05, 4.69) is 15.4 Å². The van der Waals surface area contributed by atoms with Gasteiger partial charge in [-0.05, 0) is 61.5 Å². The number of halogens is 3. The van der Waals surface area contributed by atoms with E-state index in [4.69, 9.17) is 0 Å². The predicted octanol–water partition coefficient (Wildman–Crippen LogP) is 3.06. The van der Waals surface area contributed by atoms with Crippen molar-refractivity contribution in [2.75, 3.05) is 13.1 Å². The maximum atomic E-state index is 12.4. The van der Waals surface area contributed by atoms with E-state index >= 15 is 0 Å². The Kier molecular flexibility index (Phi) is 6.40. The first-order chi connectivity index (χ1) is 11.0. The third-order valence-corrected chi connectivity index (χ3v) is 4.90. The number of rotatable bonds is 5. The second-order valence-corrected chi connectivity index (χ2v) is 6.40. The molecule has 2 unspecified atom stereocenters. The molecule has 0 saturated carbocycles. The van der Waals surface area contributed by atoms with Crippen LogP contribution >= 0.6 is 12.4 Å². The van der Waals surface area contributed by atoms with Crippen LogP contribution in [0.25, 0.3) is 0 Å². The number of nitrogens with one attached hydrogen (secondary N) is 2. The summed E-state index contributed by atoms with van der Waals surface area (Å²) in [5, 5.41) is 6.31. The summed E-state index contributed by atoms with van der Waals surface area (Å²) in [4.78, 5) is 12.4. The number of aryl methyl sites for hydroxylation is 1. The lowest BCUT2D eigenvalue weighted by Crippen LogP contribution is -2.50. The third-order valence-electron chi connectivity index (χ3n) is 4.90. The van der Waals surface area contributed by atoms with Gasteiger partial charge in [0.05, 0.1) is 6.04 Å². The van der Waals surface area contributed by atoms with Gasteiger partial charge in [0.15, 0.2) is 0 Å². The second kappa shape index (κ2) is 8.12. The summed E-state index contributed by atoms with van der Waals surface area (Å²) in [6, 6.07) is 4.97. The number of hydrogen-bond acceptors (Lipinski definition) is 3. The molecule has 0 bridgehead atoms. The molecule has 1 aliphatic carbocycles. The molecule has 1 fully saturated rings. The molecule has 2 N–H and O–H groups in total. The summed E-state index contributed by atoms with van der Waals surface area (Å²) in [6.07, 6.45) is 2.63. The van der Waals surface area contributed by atoms with Gasteiger partial charge in [-0.25, -0.2) is 0 Å². The van der Waals surface area contributed by atoms with E-state index in [1.807, 2.05) is 6.92 Å². The van der Waals surface area contributed by atoms with E-state index < -0.39 is 6.61 Å². The van der Waals surface area contributed by atoms with Crippen LogP contribution in [0.3, 0.4) is 0 Å². The monoisotopic (exact) mass is 360 g/mol. The fraction of sp³-hybridized carbons (Fsp3) is 0.588. The van der Waals surface area contributed by atoms with Crippen LogP contribution in [-0.4, -0.2) is 25.6 Å². The van der Waals surface area contributed by atoms with Gasteiger partial charge in [-0.1, -0.05) is 13.0 Å². The van der Waals surface area contributed by atoms with Crippen molar-refractivity contribution in [3.05, 3.63) is 29.3 Å². The van der Waals surface area contributed by atoms with E-state index in [9.17, 15) is 13.6 Å². The highest BCUT2D eigenvalue weighted by Crippen LogP contribution is 2.33. The molecule has 1 aliphatic heterocycles. The fourth-order valence-electron chi connectivity index (χ4n) is 3.30. The van der Waals surface area contributed by atoms with Crippen molar-refractivity contribution >= 4 is 18.3 Å². The quantitative estimate of drug-likeness (QED) is 0.848. The van der Waals surface area contributed by atoms with E-state index in [1.165, 1.54) is 0 Å². The number of hydrogen-bond donors (Lipinski definition) is 2. The van der Waals surface area contributed by atoms with Gasteiger partial charge in [-0.15, -0.1) is 12.4 Å². The Hall–Kier alpha value is -1.40. The van der Waals surface area contributed by atoms with Gasteiger partial charge in [0.1, 0.15) is 5.75 Å². The Labute approximate surface area is 146 Å². The van der Waals surface area contributed by atoms with Crippen molar-refractivity contribution in [2.24, 2.45) is 11.8 Å². The zero-order valence-electron chi connectivity index (χ0n) is 13.6. The van der Waals surface area contributed by atoms with E-state index in [-0.39, 0.29) is 36.0 Å². The van der Waals surface area contributed by atoms with E-state index in [1.54, 1.807) is 18.2 Å². The van der Waals surface area contributed by atoms with Crippen molar-refractivity contribution < 1.29 is 18.3 Å². The zero-order valence-corrected chi connectivity index (χ0v) is 14.4. The van der Waals surface area contributed by atoms with Crippen molar-refractivity contribution in [1.29, 1.82) is 0 Å². The normalized spacial score (nSPS) is 21.2. The molecule has 3 rings (SSSR count). The molecule has 1 aromatic rings. The molecular formula is C17H23ClF2N2O2. The first-order valence-corrected chi connectivity index (χ1v) is 8.13. The summed E-state index contributed by atoms with van der Waals surface area (Å²) in [5.41, 5.74) is 2.00. The highest BCUT2D eigenvalue weighted by molar-refractivity contribution is 5.85. The van der Waals surface area contributed by atoms with Crippen LogP contribution in [0.4, 0.5) is 8.78 Å². The van der Waals surface area contributed by atoms with Gasteiger partial charge in [0, 0.05) is 5.92 Å². The average Bonchev–Trinajstić information content (AvgIpc) is 2.44. The van der Waals surface area contributed by atoms with Crippen LogP contribution in [0, 0.1) is 11.8 Å². The Bertz CT molecular complexity index is 582. The molecule has 0 spiro atoms. The van der Waals surface area contributed by atoms with Crippen LogP contribution < -0.4 is 15.4 Å². The lowest BCUT2D eigenvalue weighted by molar-refractivity contribution is -0.127. The van der Waals surface area contributed by atoms with Crippen molar-refractivity contribution in [3.8, 4) is 5.75 Å². The average molecular weight is 361 g/mol. The molecule has 0 radical (unpaired) electrons. The van der Waals surface area contributed by atoms with E-state index in [0.29, 0.717) is 5.92 Å². The molecule has 1 amide bonds. The summed E-state index contributed by atoms with van der Waals surface area (Å²) in [5.74, 6) is 0.643. The molecule has 24 heavy (non-hydrogen) atoms. The molecule has 4 nitrogen and oxygen atoms in total. The summed E-state index contributed by atoms with van der Waals surface area (Å²) in [6.45, 7) is 0.933. The molecule has 134 valence electrons. The van der Waals surface area contributed by atoms with Crippen LogP contribution in [0.1, 0.15) is 36.9 Å². The third kappa shape index (κ3) is 4.16. The lowest BCUT2D eigenvalue weighted by atomic mass is 9.85. The summed E-state index contributed by atoms with van der Waals surface area (Å²) in [7, 11) is 0. The number of alkyl halides is 2. The Morgan fingerprint density at radius 1 is 1.38 bits per heavy atom. The number of ether oxygens (including phenoxy) is 1.